The van der Waals surface area contributed by atoms with Crippen LogP contribution in [0.15, 0.2) is 24.3 Å². The van der Waals surface area contributed by atoms with Crippen molar-refractivity contribution in [1.82, 2.24) is 5.32 Å². The minimum atomic E-state index is -2.37. The molecule has 0 spiro atoms. The summed E-state index contributed by atoms with van der Waals surface area (Å²) in [7, 11) is 0. The second-order valence-corrected chi connectivity index (χ2v) is 5.49. The van der Waals surface area contributed by atoms with Crippen molar-refractivity contribution in [1.29, 1.82) is 0 Å². The lowest BCUT2D eigenvalue weighted by Gasteiger charge is -2.22. The van der Waals surface area contributed by atoms with Gasteiger partial charge in [0.05, 0.1) is 0 Å². The molecule has 2 rings (SSSR count). The van der Waals surface area contributed by atoms with E-state index in [4.69, 9.17) is 0 Å². The molecule has 1 heterocycles. The number of nitrogens with one attached hydrogen (secondary N) is 1. The molecule has 1 nitrogen and oxygen atoms in total. The first-order valence-electron chi connectivity index (χ1n) is 5.94. The summed E-state index contributed by atoms with van der Waals surface area (Å²) in [5.74, 6) is 2.43. The number of thioether (sulfide) groups is 1. The fourth-order valence-electron chi connectivity index (χ4n) is 1.94. The van der Waals surface area contributed by atoms with Crippen LogP contribution in [0.2, 0.25) is 0 Å². The minimum absolute atomic E-state index is 0.0990. The standard InChI is InChI=1S/C13H17F2NS/c14-13(15)11-5-3-10(4-6-11)8-16-12-2-1-7-17-9-12/h3-6,12-13,16H,1-2,7-9H2. The molecule has 1 saturated heterocycles. The van der Waals surface area contributed by atoms with Crippen LogP contribution in [0.3, 0.4) is 0 Å². The van der Waals surface area contributed by atoms with Crippen molar-refractivity contribution in [3.63, 3.8) is 0 Å². The first-order valence-corrected chi connectivity index (χ1v) is 7.09. The van der Waals surface area contributed by atoms with E-state index in [1.807, 2.05) is 11.8 Å². The van der Waals surface area contributed by atoms with Gasteiger partial charge in [-0.1, -0.05) is 24.3 Å². The predicted octanol–water partition coefficient (Wildman–Crippen LogP) is 3.61. The molecule has 1 aromatic rings. The number of halogens is 2. The first kappa shape index (κ1) is 12.8. The Hall–Kier alpha value is -0.610. The van der Waals surface area contributed by atoms with Gasteiger partial charge in [0.2, 0.25) is 0 Å². The molecule has 4 heteroatoms. The van der Waals surface area contributed by atoms with Crippen LogP contribution < -0.4 is 5.32 Å². The lowest BCUT2D eigenvalue weighted by molar-refractivity contribution is 0.151. The van der Waals surface area contributed by atoms with Gasteiger partial charge in [-0.25, -0.2) is 8.78 Å². The molecule has 1 atom stereocenters. The van der Waals surface area contributed by atoms with Crippen LogP contribution in [0.5, 0.6) is 0 Å². The Bertz CT molecular complexity index is 334. The van der Waals surface area contributed by atoms with Crippen molar-refractivity contribution in [2.75, 3.05) is 11.5 Å². The van der Waals surface area contributed by atoms with Crippen molar-refractivity contribution >= 4 is 11.8 Å². The third kappa shape index (κ3) is 3.96. The van der Waals surface area contributed by atoms with Gasteiger partial charge in [-0.05, 0) is 24.2 Å². The second kappa shape index (κ2) is 6.36. The number of hydrogen-bond acceptors (Lipinski definition) is 2. The highest BCUT2D eigenvalue weighted by atomic mass is 32.2. The summed E-state index contributed by atoms with van der Waals surface area (Å²) in [5, 5.41) is 3.48. The van der Waals surface area contributed by atoms with Gasteiger partial charge in [-0.2, -0.15) is 11.8 Å². The van der Waals surface area contributed by atoms with E-state index in [9.17, 15) is 8.78 Å². The molecule has 1 aromatic carbocycles. The smallest absolute Gasteiger partial charge is 0.263 e. The van der Waals surface area contributed by atoms with Gasteiger partial charge in [-0.3, -0.25) is 0 Å². The normalized spacial score (nSPS) is 20.8. The number of alkyl halides is 2. The molecule has 0 bridgehead atoms. The summed E-state index contributed by atoms with van der Waals surface area (Å²) in [6.07, 6.45) is 0.126. The second-order valence-electron chi connectivity index (χ2n) is 4.34. The number of hydrogen-bond donors (Lipinski definition) is 1. The monoisotopic (exact) mass is 257 g/mol. The molecule has 1 N–H and O–H groups in total. The van der Waals surface area contributed by atoms with E-state index >= 15 is 0 Å². The molecule has 1 fully saturated rings. The lowest BCUT2D eigenvalue weighted by Crippen LogP contribution is -2.33. The summed E-state index contributed by atoms with van der Waals surface area (Å²) in [6.45, 7) is 0.773. The van der Waals surface area contributed by atoms with Crippen LogP contribution in [0.25, 0.3) is 0 Å². The Kier molecular flexibility index (Phi) is 4.80. The quantitative estimate of drug-likeness (QED) is 0.884. The Labute approximate surface area is 105 Å². The maximum absolute atomic E-state index is 12.4. The third-order valence-corrected chi connectivity index (χ3v) is 4.20. The van der Waals surface area contributed by atoms with Crippen molar-refractivity contribution in [3.8, 4) is 0 Å². The van der Waals surface area contributed by atoms with Crippen molar-refractivity contribution < 1.29 is 8.78 Å². The molecule has 94 valence electrons. The van der Waals surface area contributed by atoms with E-state index in [-0.39, 0.29) is 5.56 Å². The zero-order chi connectivity index (χ0) is 12.1. The summed E-state index contributed by atoms with van der Waals surface area (Å²) >= 11 is 1.98. The van der Waals surface area contributed by atoms with Gasteiger partial charge in [0.15, 0.2) is 0 Å². The van der Waals surface area contributed by atoms with Crippen molar-refractivity contribution in [3.05, 3.63) is 35.4 Å². The maximum atomic E-state index is 12.4. The highest BCUT2D eigenvalue weighted by Gasteiger charge is 2.12. The molecule has 0 aromatic heterocycles. The van der Waals surface area contributed by atoms with Gasteiger partial charge in [0.1, 0.15) is 0 Å². The highest BCUT2D eigenvalue weighted by Crippen LogP contribution is 2.19. The summed E-state index contributed by atoms with van der Waals surface area (Å²) in [5.41, 5.74) is 1.17. The zero-order valence-corrected chi connectivity index (χ0v) is 10.5. The summed E-state index contributed by atoms with van der Waals surface area (Å²) < 4.78 is 24.7. The van der Waals surface area contributed by atoms with Gasteiger partial charge < -0.3 is 5.32 Å². The van der Waals surface area contributed by atoms with Gasteiger partial charge in [-0.15, -0.1) is 0 Å². The fourth-order valence-corrected chi connectivity index (χ4v) is 3.05. The molecular formula is C13H17F2NS. The Morgan fingerprint density at radius 3 is 2.65 bits per heavy atom. The third-order valence-electron chi connectivity index (χ3n) is 2.99. The largest absolute Gasteiger partial charge is 0.309 e. The molecule has 1 aliphatic heterocycles. The van der Waals surface area contributed by atoms with E-state index in [0.29, 0.717) is 6.04 Å². The van der Waals surface area contributed by atoms with Crippen LogP contribution in [-0.4, -0.2) is 17.5 Å². The molecule has 1 aliphatic rings. The highest BCUT2D eigenvalue weighted by molar-refractivity contribution is 7.99. The van der Waals surface area contributed by atoms with E-state index in [0.717, 1.165) is 17.9 Å². The van der Waals surface area contributed by atoms with Crippen LogP contribution in [-0.2, 0) is 6.54 Å². The molecule has 0 radical (unpaired) electrons. The van der Waals surface area contributed by atoms with Gasteiger partial charge >= 0.3 is 0 Å². The van der Waals surface area contributed by atoms with Crippen molar-refractivity contribution in [2.45, 2.75) is 31.9 Å². The summed E-state index contributed by atoms with van der Waals surface area (Å²) in [6, 6.07) is 7.16. The molecule has 0 saturated carbocycles. The van der Waals surface area contributed by atoms with Crippen LogP contribution >= 0.6 is 11.8 Å². The molecule has 1 unspecified atom stereocenters. The van der Waals surface area contributed by atoms with Gasteiger partial charge in [0.25, 0.3) is 6.43 Å². The lowest BCUT2D eigenvalue weighted by atomic mass is 10.1. The van der Waals surface area contributed by atoms with Crippen LogP contribution in [0.1, 0.15) is 30.4 Å². The molecule has 0 amide bonds. The zero-order valence-electron chi connectivity index (χ0n) is 9.66. The number of rotatable bonds is 4. The van der Waals surface area contributed by atoms with Crippen molar-refractivity contribution in [2.24, 2.45) is 0 Å². The maximum Gasteiger partial charge on any atom is 0.263 e. The van der Waals surface area contributed by atoms with Crippen LogP contribution in [0.4, 0.5) is 8.78 Å². The minimum Gasteiger partial charge on any atom is -0.309 e. The fraction of sp³-hybridized carbons (Fsp3) is 0.538. The SMILES string of the molecule is FC(F)c1ccc(CNC2CCCSC2)cc1. The average molecular weight is 257 g/mol. The topological polar surface area (TPSA) is 12.0 Å². The van der Waals surface area contributed by atoms with E-state index in [2.05, 4.69) is 5.32 Å². The average Bonchev–Trinajstić information content (AvgIpc) is 2.38. The molecule has 17 heavy (non-hydrogen) atoms. The number of benzene rings is 1. The Balaban J connectivity index is 1.82. The molecule has 0 aliphatic carbocycles. The Morgan fingerprint density at radius 2 is 2.06 bits per heavy atom. The van der Waals surface area contributed by atoms with E-state index in [1.165, 1.54) is 30.7 Å². The predicted molar refractivity (Wildman–Crippen MR) is 68.6 cm³/mol. The Morgan fingerprint density at radius 1 is 1.29 bits per heavy atom. The van der Waals surface area contributed by atoms with E-state index < -0.39 is 6.43 Å². The van der Waals surface area contributed by atoms with Crippen LogP contribution in [0, 0.1) is 0 Å². The molecular weight excluding hydrogens is 240 g/mol. The summed E-state index contributed by atoms with van der Waals surface area (Å²) in [4.78, 5) is 0. The first-order chi connectivity index (χ1) is 8.25. The van der Waals surface area contributed by atoms with E-state index in [1.54, 1.807) is 12.1 Å². The van der Waals surface area contributed by atoms with Gasteiger partial charge in [0, 0.05) is 23.9 Å².